The van der Waals surface area contributed by atoms with Gasteiger partial charge in [0.2, 0.25) is 0 Å². The molecular formula is C22H20FN3O3. The first-order valence-electron chi connectivity index (χ1n) is 8.98. The monoisotopic (exact) mass is 393 g/mol. The van der Waals surface area contributed by atoms with Crippen molar-refractivity contribution in [2.24, 2.45) is 0 Å². The van der Waals surface area contributed by atoms with E-state index in [9.17, 15) is 14.0 Å². The quantitative estimate of drug-likeness (QED) is 0.644. The molecule has 0 fully saturated rings. The lowest BCUT2D eigenvalue weighted by Crippen LogP contribution is -2.26. The van der Waals surface area contributed by atoms with Crippen molar-refractivity contribution in [3.63, 3.8) is 0 Å². The summed E-state index contributed by atoms with van der Waals surface area (Å²) >= 11 is 0. The minimum absolute atomic E-state index is 0.203. The summed E-state index contributed by atoms with van der Waals surface area (Å²) in [6.45, 7) is 0.422. The number of nitrogens with one attached hydrogen (secondary N) is 2. The first kappa shape index (κ1) is 20.0. The van der Waals surface area contributed by atoms with Gasteiger partial charge in [-0.1, -0.05) is 18.2 Å². The van der Waals surface area contributed by atoms with Crippen molar-refractivity contribution in [3.8, 4) is 5.75 Å². The van der Waals surface area contributed by atoms with Gasteiger partial charge in [-0.3, -0.25) is 14.6 Å². The molecule has 0 atom stereocenters. The van der Waals surface area contributed by atoms with Crippen molar-refractivity contribution in [1.29, 1.82) is 0 Å². The molecule has 1 heterocycles. The number of hydrogen-bond acceptors (Lipinski definition) is 4. The topological polar surface area (TPSA) is 80.3 Å². The third-order valence-corrected chi connectivity index (χ3v) is 4.18. The summed E-state index contributed by atoms with van der Waals surface area (Å²) in [7, 11) is 1.60. The fourth-order valence-corrected chi connectivity index (χ4v) is 2.71. The number of benzene rings is 2. The Bertz CT molecular complexity index is 1020. The van der Waals surface area contributed by atoms with Gasteiger partial charge >= 0.3 is 0 Å². The van der Waals surface area contributed by atoms with Gasteiger partial charge in [0, 0.05) is 24.6 Å². The molecule has 3 aromatic rings. The van der Waals surface area contributed by atoms with Gasteiger partial charge in [0.15, 0.2) is 0 Å². The van der Waals surface area contributed by atoms with Crippen LogP contribution in [0.1, 0.15) is 26.3 Å². The number of anilines is 1. The maximum absolute atomic E-state index is 13.2. The van der Waals surface area contributed by atoms with Gasteiger partial charge in [0.1, 0.15) is 11.6 Å². The van der Waals surface area contributed by atoms with Crippen molar-refractivity contribution in [2.45, 2.75) is 6.42 Å². The average molecular weight is 393 g/mol. The Morgan fingerprint density at radius 3 is 2.52 bits per heavy atom. The van der Waals surface area contributed by atoms with E-state index in [2.05, 4.69) is 15.6 Å². The molecule has 0 spiro atoms. The summed E-state index contributed by atoms with van der Waals surface area (Å²) < 4.78 is 18.4. The molecule has 0 unspecified atom stereocenters. The van der Waals surface area contributed by atoms with Gasteiger partial charge in [0.05, 0.1) is 18.2 Å². The maximum atomic E-state index is 13.2. The van der Waals surface area contributed by atoms with Gasteiger partial charge in [-0.25, -0.2) is 4.39 Å². The molecule has 6 nitrogen and oxygen atoms in total. The molecule has 3 rings (SSSR count). The Labute approximate surface area is 167 Å². The first-order chi connectivity index (χ1) is 14.0. The SMILES string of the molecule is COc1cccc(CCNC(=O)c2cncc(C(=O)Nc3cccc(F)c3)c2)c1. The predicted molar refractivity (Wildman–Crippen MR) is 108 cm³/mol. The van der Waals surface area contributed by atoms with Gasteiger partial charge in [-0.2, -0.15) is 0 Å². The van der Waals surface area contributed by atoms with Crippen molar-refractivity contribution in [1.82, 2.24) is 10.3 Å². The van der Waals surface area contributed by atoms with E-state index in [1.165, 1.54) is 36.7 Å². The van der Waals surface area contributed by atoms with Crippen LogP contribution < -0.4 is 15.4 Å². The van der Waals surface area contributed by atoms with E-state index in [0.29, 0.717) is 18.7 Å². The number of aromatic nitrogens is 1. The zero-order valence-electron chi connectivity index (χ0n) is 15.8. The van der Waals surface area contributed by atoms with Crippen LogP contribution in [0.5, 0.6) is 5.75 Å². The Morgan fingerprint density at radius 1 is 1.00 bits per heavy atom. The number of methoxy groups -OCH3 is 1. The molecular weight excluding hydrogens is 373 g/mol. The lowest BCUT2D eigenvalue weighted by molar-refractivity contribution is 0.0953. The fraction of sp³-hybridized carbons (Fsp3) is 0.136. The van der Waals surface area contributed by atoms with Crippen LogP contribution in [0, 0.1) is 5.82 Å². The largest absolute Gasteiger partial charge is 0.497 e. The minimum atomic E-state index is -0.478. The van der Waals surface area contributed by atoms with E-state index < -0.39 is 11.7 Å². The molecule has 7 heteroatoms. The Kier molecular flexibility index (Phi) is 6.52. The van der Waals surface area contributed by atoms with Crippen molar-refractivity contribution >= 4 is 17.5 Å². The minimum Gasteiger partial charge on any atom is -0.497 e. The van der Waals surface area contributed by atoms with Crippen LogP contribution in [0.2, 0.25) is 0 Å². The van der Waals surface area contributed by atoms with Crippen LogP contribution in [-0.4, -0.2) is 30.5 Å². The molecule has 0 bridgehead atoms. The van der Waals surface area contributed by atoms with E-state index in [-0.39, 0.29) is 17.0 Å². The fourth-order valence-electron chi connectivity index (χ4n) is 2.71. The molecule has 0 saturated carbocycles. The Morgan fingerprint density at radius 2 is 1.76 bits per heavy atom. The second-order valence-corrected chi connectivity index (χ2v) is 6.28. The van der Waals surface area contributed by atoms with Gasteiger partial charge in [0.25, 0.3) is 11.8 Å². The standard InChI is InChI=1S/C22H20FN3O3/c1-29-20-7-2-4-15(10-20)8-9-25-21(27)16-11-17(14-24-13-16)22(28)26-19-6-3-5-18(23)12-19/h2-7,10-14H,8-9H2,1H3,(H,25,27)(H,26,28). The smallest absolute Gasteiger partial charge is 0.257 e. The summed E-state index contributed by atoms with van der Waals surface area (Å²) in [6, 6.07) is 14.6. The third-order valence-electron chi connectivity index (χ3n) is 4.18. The van der Waals surface area contributed by atoms with Crippen molar-refractivity contribution in [3.05, 3.63) is 89.5 Å². The molecule has 148 valence electrons. The van der Waals surface area contributed by atoms with Crippen molar-refractivity contribution in [2.75, 3.05) is 19.0 Å². The van der Waals surface area contributed by atoms with Crippen LogP contribution >= 0.6 is 0 Å². The molecule has 1 aromatic heterocycles. The number of nitrogens with zero attached hydrogens (tertiary/aromatic N) is 1. The Balaban J connectivity index is 1.59. The van der Waals surface area contributed by atoms with Gasteiger partial charge < -0.3 is 15.4 Å². The van der Waals surface area contributed by atoms with Crippen molar-refractivity contribution < 1.29 is 18.7 Å². The highest BCUT2D eigenvalue weighted by molar-refractivity contribution is 6.05. The summed E-state index contributed by atoms with van der Waals surface area (Å²) in [5.74, 6) is -0.505. The number of ether oxygens (including phenoxy) is 1. The Hall–Kier alpha value is -3.74. The molecule has 29 heavy (non-hydrogen) atoms. The molecule has 2 amide bonds. The summed E-state index contributed by atoms with van der Waals surface area (Å²) in [5.41, 5.74) is 1.83. The molecule has 0 radical (unpaired) electrons. The number of hydrogen-bond donors (Lipinski definition) is 2. The number of carbonyl (C=O) groups is 2. The maximum Gasteiger partial charge on any atom is 0.257 e. The highest BCUT2D eigenvalue weighted by Crippen LogP contribution is 2.13. The first-order valence-corrected chi connectivity index (χ1v) is 8.98. The van der Waals surface area contributed by atoms with Crippen LogP contribution in [0.15, 0.2) is 67.0 Å². The normalized spacial score (nSPS) is 10.3. The summed E-state index contributed by atoms with van der Waals surface area (Å²) in [5, 5.41) is 5.39. The number of pyridine rings is 1. The van der Waals surface area contributed by atoms with Gasteiger partial charge in [-0.15, -0.1) is 0 Å². The van der Waals surface area contributed by atoms with E-state index in [4.69, 9.17) is 4.74 Å². The van der Waals surface area contributed by atoms with E-state index >= 15 is 0 Å². The second-order valence-electron chi connectivity index (χ2n) is 6.28. The van der Waals surface area contributed by atoms with E-state index in [1.54, 1.807) is 13.2 Å². The highest BCUT2D eigenvalue weighted by atomic mass is 19.1. The zero-order chi connectivity index (χ0) is 20.6. The average Bonchev–Trinajstić information content (AvgIpc) is 2.74. The van der Waals surface area contributed by atoms with Crippen LogP contribution in [-0.2, 0) is 6.42 Å². The van der Waals surface area contributed by atoms with Crippen LogP contribution in [0.4, 0.5) is 10.1 Å². The molecule has 0 aliphatic carbocycles. The number of rotatable bonds is 7. The van der Waals surface area contributed by atoms with E-state index in [0.717, 1.165) is 11.3 Å². The summed E-state index contributed by atoms with van der Waals surface area (Å²) in [6.07, 6.45) is 3.37. The van der Waals surface area contributed by atoms with E-state index in [1.807, 2.05) is 24.3 Å². The lowest BCUT2D eigenvalue weighted by atomic mass is 10.1. The highest BCUT2D eigenvalue weighted by Gasteiger charge is 2.12. The lowest BCUT2D eigenvalue weighted by Gasteiger charge is -2.08. The zero-order valence-corrected chi connectivity index (χ0v) is 15.8. The molecule has 0 saturated heterocycles. The van der Waals surface area contributed by atoms with Gasteiger partial charge in [-0.05, 0) is 48.4 Å². The molecule has 0 aliphatic heterocycles. The third kappa shape index (κ3) is 5.62. The molecule has 0 aliphatic rings. The van der Waals surface area contributed by atoms with Crippen LogP contribution in [0.25, 0.3) is 0 Å². The summed E-state index contributed by atoms with van der Waals surface area (Å²) in [4.78, 5) is 28.7. The second kappa shape index (κ2) is 9.45. The predicted octanol–water partition coefficient (Wildman–Crippen LogP) is 3.45. The molecule has 2 aromatic carbocycles. The molecule has 2 N–H and O–H groups in total. The number of amides is 2. The number of halogens is 1. The number of carbonyl (C=O) groups excluding carboxylic acids is 2. The van der Waals surface area contributed by atoms with Crippen LogP contribution in [0.3, 0.4) is 0 Å².